The molecule has 182 valence electrons. The van der Waals surface area contributed by atoms with Crippen LogP contribution in [0.2, 0.25) is 0 Å². The first-order valence-electron chi connectivity index (χ1n) is 11.3. The smallest absolute Gasteiger partial charge is 0.257 e. The van der Waals surface area contributed by atoms with Crippen molar-refractivity contribution in [1.82, 2.24) is 19.8 Å². The van der Waals surface area contributed by atoms with Gasteiger partial charge in [0.2, 0.25) is 5.91 Å². The quantitative estimate of drug-likeness (QED) is 0.361. The average Bonchev–Trinajstić information content (AvgIpc) is 3.42. The van der Waals surface area contributed by atoms with E-state index in [1.165, 1.54) is 0 Å². The van der Waals surface area contributed by atoms with Gasteiger partial charge in [0, 0.05) is 38.9 Å². The first-order chi connectivity index (χ1) is 16.5. The number of ether oxygens (including phenoxy) is 4. The van der Waals surface area contributed by atoms with E-state index in [1.807, 2.05) is 12.1 Å². The van der Waals surface area contributed by atoms with Crippen molar-refractivity contribution in [3.05, 3.63) is 34.6 Å². The Morgan fingerprint density at radius 1 is 0.941 bits per heavy atom. The standard InChI is InChI=1S/C24H30N4O6/c1-27-12-16-10-20(31-2)23(25-18(16)14-27)33-8-5-9-34-24-21(32-3)11-17-13-28(15-19(17)26-24)22(30)6-4-7-29/h7,10-11H,4-6,8-9,12-15H2,1-3H3. The second-order valence-electron chi connectivity index (χ2n) is 8.38. The molecule has 0 saturated heterocycles. The number of carbonyl (C=O) groups excluding carboxylic acids is 2. The molecule has 0 saturated carbocycles. The molecule has 1 amide bonds. The van der Waals surface area contributed by atoms with Gasteiger partial charge < -0.3 is 28.6 Å². The summed E-state index contributed by atoms with van der Waals surface area (Å²) in [5.74, 6) is 1.96. The molecule has 10 nitrogen and oxygen atoms in total. The largest absolute Gasteiger partial charge is 0.491 e. The highest BCUT2D eigenvalue weighted by atomic mass is 16.5. The number of fused-ring (bicyclic) bond motifs is 2. The zero-order valence-electron chi connectivity index (χ0n) is 19.8. The van der Waals surface area contributed by atoms with Crippen molar-refractivity contribution in [2.24, 2.45) is 0 Å². The zero-order valence-corrected chi connectivity index (χ0v) is 19.8. The fourth-order valence-corrected chi connectivity index (χ4v) is 4.11. The molecule has 0 spiro atoms. The lowest BCUT2D eigenvalue weighted by atomic mass is 10.2. The van der Waals surface area contributed by atoms with E-state index in [2.05, 4.69) is 21.9 Å². The van der Waals surface area contributed by atoms with Crippen molar-refractivity contribution in [3.63, 3.8) is 0 Å². The van der Waals surface area contributed by atoms with Crippen LogP contribution in [0, 0.1) is 0 Å². The van der Waals surface area contributed by atoms with Gasteiger partial charge in [-0.05, 0) is 30.3 Å². The molecule has 2 aromatic heterocycles. The number of nitrogens with zero attached hydrogens (tertiary/aromatic N) is 4. The summed E-state index contributed by atoms with van der Waals surface area (Å²) in [7, 11) is 5.22. The first kappa shape index (κ1) is 23.7. The van der Waals surface area contributed by atoms with Gasteiger partial charge in [-0.3, -0.25) is 9.69 Å². The molecule has 4 rings (SSSR count). The Bertz CT molecular complexity index is 1060. The van der Waals surface area contributed by atoms with Gasteiger partial charge in [0.25, 0.3) is 11.8 Å². The van der Waals surface area contributed by atoms with Crippen LogP contribution in [-0.4, -0.2) is 66.4 Å². The Balaban J connectivity index is 1.31. The summed E-state index contributed by atoms with van der Waals surface area (Å²) in [5, 5.41) is 0. The lowest BCUT2D eigenvalue weighted by Crippen LogP contribution is -2.25. The predicted molar refractivity (Wildman–Crippen MR) is 122 cm³/mol. The molecule has 0 N–H and O–H groups in total. The molecule has 0 radical (unpaired) electrons. The maximum atomic E-state index is 12.2. The molecule has 4 heterocycles. The summed E-state index contributed by atoms with van der Waals surface area (Å²) >= 11 is 0. The van der Waals surface area contributed by atoms with E-state index in [4.69, 9.17) is 18.9 Å². The molecule has 0 aromatic carbocycles. The fraction of sp³-hybridized carbons (Fsp3) is 0.500. The van der Waals surface area contributed by atoms with Crippen LogP contribution >= 0.6 is 0 Å². The summed E-state index contributed by atoms with van der Waals surface area (Å²) in [5.41, 5.74) is 3.88. The molecule has 2 aliphatic rings. The highest BCUT2D eigenvalue weighted by molar-refractivity contribution is 5.79. The van der Waals surface area contributed by atoms with Crippen LogP contribution in [0.1, 0.15) is 41.8 Å². The Labute approximate surface area is 198 Å². The fourth-order valence-electron chi connectivity index (χ4n) is 4.11. The third-order valence-electron chi connectivity index (χ3n) is 5.84. The number of pyridine rings is 2. The Morgan fingerprint density at radius 3 is 2.12 bits per heavy atom. The average molecular weight is 471 g/mol. The van der Waals surface area contributed by atoms with Gasteiger partial charge in [0.1, 0.15) is 6.29 Å². The van der Waals surface area contributed by atoms with Crippen LogP contribution < -0.4 is 18.9 Å². The molecular formula is C24H30N4O6. The number of aromatic nitrogens is 2. The van der Waals surface area contributed by atoms with Crippen molar-refractivity contribution < 1.29 is 28.5 Å². The second-order valence-corrected chi connectivity index (χ2v) is 8.38. The normalized spacial score (nSPS) is 14.5. The molecule has 34 heavy (non-hydrogen) atoms. The minimum Gasteiger partial charge on any atom is -0.491 e. The van der Waals surface area contributed by atoms with Crippen molar-refractivity contribution in [1.29, 1.82) is 0 Å². The van der Waals surface area contributed by atoms with Gasteiger partial charge in [-0.1, -0.05) is 0 Å². The third kappa shape index (κ3) is 5.22. The lowest BCUT2D eigenvalue weighted by Gasteiger charge is -2.13. The predicted octanol–water partition coefficient (Wildman–Crippen LogP) is 2.11. The van der Waals surface area contributed by atoms with Crippen LogP contribution in [0.15, 0.2) is 12.1 Å². The van der Waals surface area contributed by atoms with Gasteiger partial charge in [-0.25, -0.2) is 9.97 Å². The summed E-state index contributed by atoms with van der Waals surface area (Å²) in [6.07, 6.45) is 1.80. The van der Waals surface area contributed by atoms with E-state index >= 15 is 0 Å². The van der Waals surface area contributed by atoms with E-state index in [0.717, 1.165) is 41.9 Å². The number of methoxy groups -OCH3 is 2. The molecule has 0 atom stereocenters. The molecule has 0 bridgehead atoms. The molecule has 2 aromatic rings. The van der Waals surface area contributed by atoms with Crippen molar-refractivity contribution >= 4 is 12.2 Å². The number of hydrogen-bond acceptors (Lipinski definition) is 9. The summed E-state index contributed by atoms with van der Waals surface area (Å²) < 4.78 is 22.6. The molecular weight excluding hydrogens is 440 g/mol. The number of hydrogen-bond donors (Lipinski definition) is 0. The summed E-state index contributed by atoms with van der Waals surface area (Å²) in [4.78, 5) is 35.9. The van der Waals surface area contributed by atoms with Crippen LogP contribution in [0.3, 0.4) is 0 Å². The van der Waals surface area contributed by atoms with Crippen LogP contribution in [-0.2, 0) is 35.8 Å². The van der Waals surface area contributed by atoms with Crippen molar-refractivity contribution in [3.8, 4) is 23.3 Å². The molecule has 0 aliphatic carbocycles. The Morgan fingerprint density at radius 2 is 1.53 bits per heavy atom. The SMILES string of the molecule is COc1cc2c(nc1OCCCOc1nc3c(cc1OC)CN(C(=O)CCC=O)C3)CN(C)C2. The molecule has 2 aliphatic heterocycles. The minimum absolute atomic E-state index is 0.0640. The van der Waals surface area contributed by atoms with Gasteiger partial charge >= 0.3 is 0 Å². The van der Waals surface area contributed by atoms with Crippen LogP contribution in [0.4, 0.5) is 0 Å². The van der Waals surface area contributed by atoms with E-state index in [0.29, 0.717) is 56.0 Å². The Kier molecular flexibility index (Phi) is 7.46. The van der Waals surface area contributed by atoms with E-state index in [9.17, 15) is 9.59 Å². The third-order valence-corrected chi connectivity index (χ3v) is 5.84. The highest BCUT2D eigenvalue weighted by Crippen LogP contribution is 2.33. The lowest BCUT2D eigenvalue weighted by molar-refractivity contribution is -0.132. The van der Waals surface area contributed by atoms with Gasteiger partial charge in [0.15, 0.2) is 11.5 Å². The Hall–Kier alpha value is -3.40. The van der Waals surface area contributed by atoms with Crippen LogP contribution in [0.5, 0.6) is 23.3 Å². The minimum atomic E-state index is -0.0640. The molecule has 0 unspecified atom stereocenters. The highest BCUT2D eigenvalue weighted by Gasteiger charge is 2.26. The molecule has 0 fully saturated rings. The van der Waals surface area contributed by atoms with E-state index in [1.54, 1.807) is 19.1 Å². The molecule has 10 heteroatoms. The van der Waals surface area contributed by atoms with Crippen molar-refractivity contribution in [2.45, 2.75) is 45.4 Å². The number of rotatable bonds is 11. The maximum absolute atomic E-state index is 12.2. The number of carbonyl (C=O) groups is 2. The second kappa shape index (κ2) is 10.7. The number of aldehydes is 1. The summed E-state index contributed by atoms with van der Waals surface area (Å²) in [6.45, 7) is 3.28. The van der Waals surface area contributed by atoms with Gasteiger partial charge in [-0.15, -0.1) is 0 Å². The van der Waals surface area contributed by atoms with Gasteiger partial charge in [-0.2, -0.15) is 0 Å². The number of amides is 1. The monoisotopic (exact) mass is 470 g/mol. The maximum Gasteiger partial charge on any atom is 0.257 e. The summed E-state index contributed by atoms with van der Waals surface area (Å²) in [6, 6.07) is 3.85. The van der Waals surface area contributed by atoms with E-state index in [-0.39, 0.29) is 18.7 Å². The van der Waals surface area contributed by atoms with Crippen molar-refractivity contribution in [2.75, 3.05) is 34.5 Å². The van der Waals surface area contributed by atoms with Crippen LogP contribution in [0.25, 0.3) is 0 Å². The first-order valence-corrected chi connectivity index (χ1v) is 11.3. The van der Waals surface area contributed by atoms with Gasteiger partial charge in [0.05, 0.1) is 45.4 Å². The van der Waals surface area contributed by atoms with E-state index < -0.39 is 0 Å². The zero-order chi connectivity index (χ0) is 24.1. The topological polar surface area (TPSA) is 103 Å².